The summed E-state index contributed by atoms with van der Waals surface area (Å²) in [4.78, 5) is 19.2. The van der Waals surface area contributed by atoms with Crippen molar-refractivity contribution < 1.29 is 9.53 Å². The van der Waals surface area contributed by atoms with Crippen molar-refractivity contribution in [3.8, 4) is 5.88 Å². The van der Waals surface area contributed by atoms with E-state index in [0.717, 1.165) is 36.2 Å². The number of nitrogens with zero attached hydrogens (tertiary/aromatic N) is 2. The van der Waals surface area contributed by atoms with Crippen molar-refractivity contribution in [1.29, 1.82) is 0 Å². The lowest BCUT2D eigenvalue weighted by Crippen LogP contribution is -2.31. The highest BCUT2D eigenvalue weighted by Gasteiger charge is 2.31. The smallest absolute Gasteiger partial charge is 0.254 e. The van der Waals surface area contributed by atoms with Crippen molar-refractivity contribution in [2.45, 2.75) is 25.8 Å². The van der Waals surface area contributed by atoms with E-state index in [4.69, 9.17) is 4.74 Å². The molecule has 1 atom stereocenters. The highest BCUT2D eigenvalue weighted by molar-refractivity contribution is 5.94. The van der Waals surface area contributed by atoms with Gasteiger partial charge in [-0.05, 0) is 43.5 Å². The Morgan fingerprint density at radius 1 is 1.23 bits per heavy atom. The van der Waals surface area contributed by atoms with Crippen molar-refractivity contribution in [3.63, 3.8) is 0 Å². The molecule has 1 aromatic carbocycles. The first-order chi connectivity index (χ1) is 10.7. The van der Waals surface area contributed by atoms with Gasteiger partial charge in [0.15, 0.2) is 0 Å². The van der Waals surface area contributed by atoms with Gasteiger partial charge in [0.1, 0.15) is 0 Å². The van der Waals surface area contributed by atoms with Crippen LogP contribution in [0.4, 0.5) is 0 Å². The molecule has 2 aromatic rings. The highest BCUT2D eigenvalue weighted by atomic mass is 16.5. The van der Waals surface area contributed by atoms with Crippen LogP contribution in [0.5, 0.6) is 5.88 Å². The second-order valence-electron chi connectivity index (χ2n) is 5.55. The lowest BCUT2D eigenvalue weighted by atomic mass is 10.0. The van der Waals surface area contributed by atoms with Crippen LogP contribution < -0.4 is 4.74 Å². The van der Waals surface area contributed by atoms with Gasteiger partial charge >= 0.3 is 0 Å². The van der Waals surface area contributed by atoms with E-state index in [0.29, 0.717) is 5.88 Å². The maximum Gasteiger partial charge on any atom is 0.254 e. The van der Waals surface area contributed by atoms with E-state index in [1.807, 2.05) is 54.3 Å². The number of ether oxygens (including phenoxy) is 1. The number of aromatic nitrogens is 1. The van der Waals surface area contributed by atoms with Crippen molar-refractivity contribution >= 4 is 5.91 Å². The molecule has 0 aliphatic carbocycles. The first-order valence-electron chi connectivity index (χ1n) is 7.58. The van der Waals surface area contributed by atoms with Gasteiger partial charge in [-0.25, -0.2) is 4.98 Å². The molecule has 22 heavy (non-hydrogen) atoms. The van der Waals surface area contributed by atoms with Gasteiger partial charge < -0.3 is 9.64 Å². The molecule has 1 amide bonds. The monoisotopic (exact) mass is 296 g/mol. The Morgan fingerprint density at radius 2 is 2.00 bits per heavy atom. The Kier molecular flexibility index (Phi) is 4.09. The van der Waals surface area contributed by atoms with Crippen LogP contribution in [0.25, 0.3) is 0 Å². The standard InChI is InChI=1S/C18H20N2O2/c1-13-15(10-11-17(19-13)22-2)16-9-6-12-20(16)18(21)14-7-4-3-5-8-14/h3-5,7-8,10-11,16H,6,9,12H2,1-2H3/t16-/m1/s1. The Morgan fingerprint density at radius 3 is 2.68 bits per heavy atom. The summed E-state index contributed by atoms with van der Waals surface area (Å²) in [7, 11) is 1.61. The topological polar surface area (TPSA) is 42.4 Å². The molecule has 1 saturated heterocycles. The van der Waals surface area contributed by atoms with Gasteiger partial charge in [0.2, 0.25) is 5.88 Å². The maximum absolute atomic E-state index is 12.7. The molecule has 1 aliphatic rings. The number of benzene rings is 1. The van der Waals surface area contributed by atoms with Gasteiger partial charge in [0.05, 0.1) is 13.2 Å². The summed E-state index contributed by atoms with van der Waals surface area (Å²) in [5.41, 5.74) is 2.79. The molecular weight excluding hydrogens is 276 g/mol. The molecule has 3 rings (SSSR count). The zero-order valence-electron chi connectivity index (χ0n) is 13.0. The summed E-state index contributed by atoms with van der Waals surface area (Å²) in [5.74, 6) is 0.707. The fourth-order valence-electron chi connectivity index (χ4n) is 3.09. The number of hydrogen-bond acceptors (Lipinski definition) is 3. The summed E-state index contributed by atoms with van der Waals surface area (Å²) < 4.78 is 5.16. The quantitative estimate of drug-likeness (QED) is 0.872. The first-order valence-corrected chi connectivity index (χ1v) is 7.58. The number of pyridine rings is 1. The molecule has 0 N–H and O–H groups in total. The number of aryl methyl sites for hydroxylation is 1. The van der Waals surface area contributed by atoms with Crippen molar-refractivity contribution in [2.24, 2.45) is 0 Å². The number of amides is 1. The number of carbonyl (C=O) groups excluding carboxylic acids is 1. The van der Waals surface area contributed by atoms with Crippen LogP contribution in [-0.4, -0.2) is 29.4 Å². The predicted molar refractivity (Wildman–Crippen MR) is 85.0 cm³/mol. The summed E-state index contributed by atoms with van der Waals surface area (Å²) >= 11 is 0. The molecule has 4 nitrogen and oxygen atoms in total. The highest BCUT2D eigenvalue weighted by Crippen LogP contribution is 2.34. The van der Waals surface area contributed by atoms with E-state index in [-0.39, 0.29) is 11.9 Å². The number of rotatable bonds is 3. The number of carbonyl (C=O) groups is 1. The molecular formula is C18H20N2O2. The average Bonchev–Trinajstić information content (AvgIpc) is 3.04. The molecule has 114 valence electrons. The van der Waals surface area contributed by atoms with Crippen LogP contribution in [0.2, 0.25) is 0 Å². The summed E-state index contributed by atoms with van der Waals surface area (Å²) in [6, 6.07) is 13.5. The second-order valence-corrected chi connectivity index (χ2v) is 5.55. The maximum atomic E-state index is 12.7. The zero-order chi connectivity index (χ0) is 15.5. The minimum atomic E-state index is 0.0957. The zero-order valence-corrected chi connectivity index (χ0v) is 13.0. The van der Waals surface area contributed by atoms with Crippen molar-refractivity contribution in [3.05, 3.63) is 59.3 Å². The average molecular weight is 296 g/mol. The minimum absolute atomic E-state index is 0.0957. The molecule has 0 spiro atoms. The molecule has 1 aromatic heterocycles. The Balaban J connectivity index is 1.89. The molecule has 1 fully saturated rings. The Hall–Kier alpha value is -2.36. The Bertz CT molecular complexity index is 670. The SMILES string of the molecule is COc1ccc([C@H]2CCCN2C(=O)c2ccccc2)c(C)n1. The fraction of sp³-hybridized carbons (Fsp3) is 0.333. The predicted octanol–water partition coefficient (Wildman–Crippen LogP) is 3.38. The van der Waals surface area contributed by atoms with Gasteiger partial charge in [-0.3, -0.25) is 4.79 Å². The van der Waals surface area contributed by atoms with Crippen LogP contribution >= 0.6 is 0 Å². The molecule has 0 saturated carbocycles. The minimum Gasteiger partial charge on any atom is -0.481 e. The molecule has 0 unspecified atom stereocenters. The van der Waals surface area contributed by atoms with Crippen molar-refractivity contribution in [2.75, 3.05) is 13.7 Å². The third-order valence-corrected chi connectivity index (χ3v) is 4.20. The van der Waals surface area contributed by atoms with E-state index in [1.165, 1.54) is 0 Å². The molecule has 4 heteroatoms. The van der Waals surface area contributed by atoms with Crippen LogP contribution in [-0.2, 0) is 0 Å². The molecule has 0 bridgehead atoms. The van der Waals surface area contributed by atoms with Crippen LogP contribution in [0.3, 0.4) is 0 Å². The van der Waals surface area contributed by atoms with Gasteiger partial charge in [-0.2, -0.15) is 0 Å². The van der Waals surface area contributed by atoms with E-state index >= 15 is 0 Å². The fourth-order valence-corrected chi connectivity index (χ4v) is 3.09. The van der Waals surface area contributed by atoms with Gasteiger partial charge in [-0.15, -0.1) is 0 Å². The van der Waals surface area contributed by atoms with E-state index < -0.39 is 0 Å². The van der Waals surface area contributed by atoms with Gasteiger partial charge in [0.25, 0.3) is 5.91 Å². The third kappa shape index (κ3) is 2.69. The van der Waals surface area contributed by atoms with Gasteiger partial charge in [0, 0.05) is 23.9 Å². The number of hydrogen-bond donors (Lipinski definition) is 0. The lowest BCUT2D eigenvalue weighted by Gasteiger charge is -2.26. The van der Waals surface area contributed by atoms with Gasteiger partial charge in [-0.1, -0.05) is 18.2 Å². The van der Waals surface area contributed by atoms with Crippen LogP contribution in [0.1, 0.15) is 40.5 Å². The van der Waals surface area contributed by atoms with Crippen LogP contribution in [0, 0.1) is 6.92 Å². The largest absolute Gasteiger partial charge is 0.481 e. The van der Waals surface area contributed by atoms with E-state index in [2.05, 4.69) is 4.98 Å². The summed E-state index contributed by atoms with van der Waals surface area (Å²) in [6.07, 6.45) is 2.00. The molecule has 2 heterocycles. The summed E-state index contributed by atoms with van der Waals surface area (Å²) in [5, 5.41) is 0. The second kappa shape index (κ2) is 6.18. The first kappa shape index (κ1) is 14.6. The molecule has 1 aliphatic heterocycles. The normalized spacial score (nSPS) is 17.5. The molecule has 0 radical (unpaired) electrons. The Labute approximate surface area is 130 Å². The van der Waals surface area contributed by atoms with Crippen LogP contribution in [0.15, 0.2) is 42.5 Å². The third-order valence-electron chi connectivity index (χ3n) is 4.20. The number of likely N-dealkylation sites (tertiary alicyclic amines) is 1. The van der Waals surface area contributed by atoms with Crippen molar-refractivity contribution in [1.82, 2.24) is 9.88 Å². The van der Waals surface area contributed by atoms with E-state index in [1.54, 1.807) is 7.11 Å². The summed E-state index contributed by atoms with van der Waals surface area (Å²) in [6.45, 7) is 2.77. The lowest BCUT2D eigenvalue weighted by molar-refractivity contribution is 0.0735. The number of methoxy groups -OCH3 is 1. The van der Waals surface area contributed by atoms with E-state index in [9.17, 15) is 4.79 Å².